The van der Waals surface area contributed by atoms with Gasteiger partial charge in [0.25, 0.3) is 0 Å². The van der Waals surface area contributed by atoms with Crippen molar-refractivity contribution < 1.29 is 19.4 Å². The zero-order valence-electron chi connectivity index (χ0n) is 9.60. The zero-order valence-corrected chi connectivity index (χ0v) is 9.60. The first kappa shape index (κ1) is 11.4. The maximum Gasteiger partial charge on any atom is 0.307 e. The molecule has 0 aromatic rings. The van der Waals surface area contributed by atoms with Crippen molar-refractivity contribution in [2.75, 3.05) is 19.7 Å². The standard InChI is InChI=1S/C11H17NO4/c1-11(2)6-12(3-4-16-11)9(13)7-5-8(7)10(14)15/h7-8H,3-6H2,1-2H3,(H,14,15)/t7-,8+/m1/s1. The average molecular weight is 227 g/mol. The van der Waals surface area contributed by atoms with E-state index in [1.165, 1.54) is 0 Å². The van der Waals surface area contributed by atoms with Crippen LogP contribution < -0.4 is 0 Å². The van der Waals surface area contributed by atoms with E-state index in [0.29, 0.717) is 26.1 Å². The van der Waals surface area contributed by atoms with Crippen LogP contribution in [0, 0.1) is 11.8 Å². The van der Waals surface area contributed by atoms with Gasteiger partial charge < -0.3 is 14.7 Å². The number of rotatable bonds is 2. The molecule has 5 heteroatoms. The maximum atomic E-state index is 12.0. The van der Waals surface area contributed by atoms with E-state index in [2.05, 4.69) is 0 Å². The Balaban J connectivity index is 1.93. The van der Waals surface area contributed by atoms with Crippen molar-refractivity contribution >= 4 is 11.9 Å². The summed E-state index contributed by atoms with van der Waals surface area (Å²) in [4.78, 5) is 24.4. The van der Waals surface area contributed by atoms with E-state index in [0.717, 1.165) is 0 Å². The zero-order chi connectivity index (χ0) is 11.9. The molecule has 1 N–H and O–H groups in total. The summed E-state index contributed by atoms with van der Waals surface area (Å²) in [5.74, 6) is -1.64. The second-order valence-corrected chi connectivity index (χ2v) is 5.15. The lowest BCUT2D eigenvalue weighted by Crippen LogP contribution is -2.51. The van der Waals surface area contributed by atoms with Gasteiger partial charge in [0.1, 0.15) is 0 Å². The molecular weight excluding hydrogens is 210 g/mol. The average Bonchev–Trinajstić information content (AvgIpc) is 2.94. The Morgan fingerprint density at radius 2 is 2.06 bits per heavy atom. The molecular formula is C11H17NO4. The van der Waals surface area contributed by atoms with E-state index in [-0.39, 0.29) is 17.4 Å². The summed E-state index contributed by atoms with van der Waals surface area (Å²) in [6.07, 6.45) is 0.492. The summed E-state index contributed by atoms with van der Waals surface area (Å²) >= 11 is 0. The van der Waals surface area contributed by atoms with Crippen molar-refractivity contribution in [1.29, 1.82) is 0 Å². The van der Waals surface area contributed by atoms with Crippen molar-refractivity contribution in [3.8, 4) is 0 Å². The summed E-state index contributed by atoms with van der Waals surface area (Å²) in [5.41, 5.74) is -0.318. The van der Waals surface area contributed by atoms with E-state index in [4.69, 9.17) is 9.84 Å². The number of amides is 1. The highest BCUT2D eigenvalue weighted by Crippen LogP contribution is 2.40. The molecule has 1 saturated heterocycles. The molecule has 1 heterocycles. The first-order valence-corrected chi connectivity index (χ1v) is 5.56. The van der Waals surface area contributed by atoms with Crippen LogP contribution in [0.5, 0.6) is 0 Å². The number of hydrogen-bond donors (Lipinski definition) is 1. The highest BCUT2D eigenvalue weighted by Gasteiger charge is 2.50. The van der Waals surface area contributed by atoms with E-state index >= 15 is 0 Å². The van der Waals surface area contributed by atoms with Gasteiger partial charge in [-0.15, -0.1) is 0 Å². The lowest BCUT2D eigenvalue weighted by atomic mass is 10.1. The monoisotopic (exact) mass is 227 g/mol. The maximum absolute atomic E-state index is 12.0. The van der Waals surface area contributed by atoms with Crippen LogP contribution in [0.25, 0.3) is 0 Å². The van der Waals surface area contributed by atoms with Gasteiger partial charge in [0.2, 0.25) is 5.91 Å². The fraction of sp³-hybridized carbons (Fsp3) is 0.818. The smallest absolute Gasteiger partial charge is 0.307 e. The molecule has 1 saturated carbocycles. The predicted molar refractivity (Wildman–Crippen MR) is 55.8 cm³/mol. The molecule has 1 aliphatic heterocycles. The van der Waals surface area contributed by atoms with Gasteiger partial charge in [-0.3, -0.25) is 9.59 Å². The van der Waals surface area contributed by atoms with Gasteiger partial charge in [-0.05, 0) is 20.3 Å². The quantitative estimate of drug-likeness (QED) is 0.739. The third-order valence-corrected chi connectivity index (χ3v) is 3.16. The van der Waals surface area contributed by atoms with E-state index in [1.807, 2.05) is 13.8 Å². The third-order valence-electron chi connectivity index (χ3n) is 3.16. The SMILES string of the molecule is CC1(C)CN(C(=O)[C@@H]2C[C@@H]2C(=O)O)CCO1. The van der Waals surface area contributed by atoms with Crippen LogP contribution >= 0.6 is 0 Å². The molecule has 1 aliphatic carbocycles. The van der Waals surface area contributed by atoms with Gasteiger partial charge in [-0.25, -0.2) is 0 Å². The summed E-state index contributed by atoms with van der Waals surface area (Å²) in [6.45, 7) is 5.53. The van der Waals surface area contributed by atoms with Crippen molar-refractivity contribution in [3.05, 3.63) is 0 Å². The highest BCUT2D eigenvalue weighted by atomic mass is 16.5. The van der Waals surface area contributed by atoms with Crippen LogP contribution in [0.4, 0.5) is 0 Å². The number of morpholine rings is 1. The molecule has 2 atom stereocenters. The molecule has 0 bridgehead atoms. The third kappa shape index (κ3) is 2.19. The van der Waals surface area contributed by atoms with E-state index in [1.54, 1.807) is 4.90 Å². The number of ether oxygens (including phenoxy) is 1. The number of carboxylic acid groups (broad SMARTS) is 1. The summed E-state index contributed by atoms with van der Waals surface area (Å²) < 4.78 is 5.51. The minimum atomic E-state index is -0.856. The van der Waals surface area contributed by atoms with Crippen molar-refractivity contribution in [2.24, 2.45) is 11.8 Å². The highest BCUT2D eigenvalue weighted by molar-refractivity contribution is 5.89. The van der Waals surface area contributed by atoms with Gasteiger partial charge in [-0.2, -0.15) is 0 Å². The first-order valence-electron chi connectivity index (χ1n) is 5.56. The van der Waals surface area contributed by atoms with Gasteiger partial charge in [-0.1, -0.05) is 0 Å². The molecule has 1 amide bonds. The van der Waals surface area contributed by atoms with Gasteiger partial charge >= 0.3 is 5.97 Å². The first-order chi connectivity index (χ1) is 7.41. The molecule has 0 aromatic heterocycles. The van der Waals surface area contributed by atoms with Crippen LogP contribution in [0.1, 0.15) is 20.3 Å². The van der Waals surface area contributed by atoms with Crippen molar-refractivity contribution in [2.45, 2.75) is 25.9 Å². The predicted octanol–water partition coefficient (Wildman–Crippen LogP) is 0.344. The van der Waals surface area contributed by atoms with E-state index < -0.39 is 11.9 Å². The molecule has 0 aromatic carbocycles. The Labute approximate surface area is 94.4 Å². The molecule has 90 valence electrons. The van der Waals surface area contributed by atoms with Gasteiger partial charge in [0, 0.05) is 13.1 Å². The largest absolute Gasteiger partial charge is 0.481 e. The van der Waals surface area contributed by atoms with E-state index in [9.17, 15) is 9.59 Å². The Morgan fingerprint density at radius 1 is 1.38 bits per heavy atom. The van der Waals surface area contributed by atoms with Crippen LogP contribution in [-0.2, 0) is 14.3 Å². The Kier molecular flexibility index (Phi) is 2.66. The molecule has 2 rings (SSSR count). The lowest BCUT2D eigenvalue weighted by Gasteiger charge is -2.38. The number of nitrogens with zero attached hydrogens (tertiary/aromatic N) is 1. The number of carbonyl (C=O) groups excluding carboxylic acids is 1. The van der Waals surface area contributed by atoms with Crippen molar-refractivity contribution in [1.82, 2.24) is 4.90 Å². The molecule has 16 heavy (non-hydrogen) atoms. The summed E-state index contributed by atoms with van der Waals surface area (Å²) in [5, 5.41) is 8.78. The molecule has 2 aliphatic rings. The summed E-state index contributed by atoms with van der Waals surface area (Å²) in [7, 11) is 0. The minimum absolute atomic E-state index is 0.0243. The second kappa shape index (κ2) is 3.73. The number of carboxylic acids is 1. The molecule has 2 fully saturated rings. The molecule has 0 radical (unpaired) electrons. The number of hydrogen-bond acceptors (Lipinski definition) is 3. The van der Waals surface area contributed by atoms with Crippen LogP contribution in [0.2, 0.25) is 0 Å². The second-order valence-electron chi connectivity index (χ2n) is 5.15. The van der Waals surface area contributed by atoms with Crippen molar-refractivity contribution in [3.63, 3.8) is 0 Å². The molecule has 0 spiro atoms. The molecule has 0 unspecified atom stereocenters. The molecule has 5 nitrogen and oxygen atoms in total. The van der Waals surface area contributed by atoms with Crippen LogP contribution in [-0.4, -0.2) is 47.2 Å². The minimum Gasteiger partial charge on any atom is -0.481 e. The fourth-order valence-corrected chi connectivity index (χ4v) is 2.18. The van der Waals surface area contributed by atoms with Crippen LogP contribution in [0.15, 0.2) is 0 Å². The number of carbonyl (C=O) groups is 2. The Bertz CT molecular complexity index is 326. The van der Waals surface area contributed by atoms with Crippen LogP contribution in [0.3, 0.4) is 0 Å². The fourth-order valence-electron chi connectivity index (χ4n) is 2.18. The van der Waals surface area contributed by atoms with Gasteiger partial charge in [0.15, 0.2) is 0 Å². The summed E-state index contributed by atoms with van der Waals surface area (Å²) in [6, 6.07) is 0. The lowest BCUT2D eigenvalue weighted by molar-refractivity contribution is -0.149. The Morgan fingerprint density at radius 3 is 2.56 bits per heavy atom. The topological polar surface area (TPSA) is 66.8 Å². The normalized spacial score (nSPS) is 32.2. The van der Waals surface area contributed by atoms with Gasteiger partial charge in [0.05, 0.1) is 24.0 Å². The Hall–Kier alpha value is -1.10. The number of aliphatic carboxylic acids is 1.